The van der Waals surface area contributed by atoms with E-state index in [1.165, 1.54) is 0 Å². The van der Waals surface area contributed by atoms with Crippen LogP contribution in [-0.4, -0.2) is 45.4 Å². The summed E-state index contributed by atoms with van der Waals surface area (Å²) in [6, 6.07) is 23.0. The predicted octanol–water partition coefficient (Wildman–Crippen LogP) is 8.20. The standard InChI is InChI=1S/C44H39ClN8O4/c1-26-7-4-5-8-33(26)34-9-6-14-44(41(34)45,43-52-36-18-27(17-29(22-46)40(36)57-43)23-49-31-12-15-47-38(19-31)55-2)53-42(54)37-21-35(28-10-11-28)30(25-51-37)24-50-32-13-16-48-39(20-32)56-3/h4-9,12-21,25,28,41H,10-11,23-24H2,1-3H3,(H,47,49)(H,48,50)(H,53,54). The lowest BCUT2D eigenvalue weighted by molar-refractivity contribution is 0.0901. The van der Waals surface area contributed by atoms with Gasteiger partial charge in [0.05, 0.1) is 25.2 Å². The van der Waals surface area contributed by atoms with Crippen LogP contribution in [0, 0.1) is 18.3 Å². The van der Waals surface area contributed by atoms with Crippen molar-refractivity contribution >= 4 is 45.6 Å². The molecule has 2 aliphatic carbocycles. The third-order valence-electron chi connectivity index (χ3n) is 10.2. The highest BCUT2D eigenvalue weighted by molar-refractivity contribution is 6.28. The summed E-state index contributed by atoms with van der Waals surface area (Å²) < 4.78 is 17.0. The number of aromatic nitrogens is 4. The average Bonchev–Trinajstić information content (AvgIpc) is 4.00. The maximum absolute atomic E-state index is 14.5. The van der Waals surface area contributed by atoms with Crippen molar-refractivity contribution in [2.45, 2.75) is 49.7 Å². The number of hydrogen-bond donors (Lipinski definition) is 3. The minimum absolute atomic E-state index is 0.137. The predicted molar refractivity (Wildman–Crippen MR) is 218 cm³/mol. The third kappa shape index (κ3) is 7.62. The lowest BCUT2D eigenvalue weighted by atomic mass is 9.81. The maximum Gasteiger partial charge on any atom is 0.271 e. The molecule has 0 spiro atoms. The topological polar surface area (TPSA) is 160 Å². The van der Waals surface area contributed by atoms with Gasteiger partial charge in [-0.15, -0.1) is 11.6 Å². The summed E-state index contributed by atoms with van der Waals surface area (Å²) in [6.07, 6.45) is 12.7. The number of anilines is 2. The summed E-state index contributed by atoms with van der Waals surface area (Å²) in [5.74, 6) is 1.01. The number of pyridine rings is 3. The van der Waals surface area contributed by atoms with Gasteiger partial charge in [0.1, 0.15) is 17.3 Å². The molecule has 57 heavy (non-hydrogen) atoms. The first kappa shape index (κ1) is 37.2. The van der Waals surface area contributed by atoms with Crippen molar-refractivity contribution in [1.82, 2.24) is 25.3 Å². The fraction of sp³-hybridized carbons (Fsp3) is 0.227. The van der Waals surface area contributed by atoms with Crippen molar-refractivity contribution in [3.63, 3.8) is 0 Å². The fourth-order valence-electron chi connectivity index (χ4n) is 7.09. The Morgan fingerprint density at radius 3 is 2.37 bits per heavy atom. The molecule has 0 aliphatic heterocycles. The largest absolute Gasteiger partial charge is 0.481 e. The van der Waals surface area contributed by atoms with Crippen LogP contribution in [0.25, 0.3) is 16.7 Å². The SMILES string of the molecule is COc1cc(NCc2cc(C#N)c3oc(C4(NC(=O)c5cc(C6CC6)c(CNc6ccnc(OC)c6)cn5)C=CC=C(c5ccccc5C)C4Cl)nc3c2)ccn1. The van der Waals surface area contributed by atoms with Crippen LogP contribution >= 0.6 is 11.6 Å². The van der Waals surface area contributed by atoms with Crippen LogP contribution in [0.2, 0.25) is 0 Å². The second-order valence-corrected chi connectivity index (χ2v) is 14.5. The first-order valence-electron chi connectivity index (χ1n) is 18.5. The zero-order chi connectivity index (χ0) is 39.5. The van der Waals surface area contributed by atoms with Crippen molar-refractivity contribution in [3.8, 4) is 17.8 Å². The average molecular weight is 779 g/mol. The van der Waals surface area contributed by atoms with Crippen LogP contribution in [0.15, 0.2) is 108 Å². The summed E-state index contributed by atoms with van der Waals surface area (Å²) in [4.78, 5) is 32.4. The van der Waals surface area contributed by atoms with E-state index in [4.69, 9.17) is 30.5 Å². The smallest absolute Gasteiger partial charge is 0.271 e. The van der Waals surface area contributed by atoms with E-state index in [1.807, 2.05) is 73.7 Å². The number of hydrogen-bond acceptors (Lipinski definition) is 11. The minimum Gasteiger partial charge on any atom is -0.481 e. The molecule has 1 saturated carbocycles. The van der Waals surface area contributed by atoms with Crippen molar-refractivity contribution in [2.24, 2.45) is 0 Å². The molecule has 8 rings (SSSR count). The molecule has 1 amide bonds. The Labute approximate surface area is 334 Å². The summed E-state index contributed by atoms with van der Waals surface area (Å²) >= 11 is 7.52. The Balaban J connectivity index is 1.14. The highest BCUT2D eigenvalue weighted by atomic mass is 35.5. The number of amides is 1. The molecule has 3 N–H and O–H groups in total. The number of nitriles is 1. The van der Waals surface area contributed by atoms with Gasteiger partial charge in [-0.05, 0) is 95.5 Å². The van der Waals surface area contributed by atoms with E-state index < -0.39 is 16.8 Å². The van der Waals surface area contributed by atoms with E-state index >= 15 is 0 Å². The number of ether oxygens (including phenoxy) is 2. The van der Waals surface area contributed by atoms with Gasteiger partial charge in [-0.2, -0.15) is 5.26 Å². The zero-order valence-electron chi connectivity index (χ0n) is 31.5. The molecule has 0 bridgehead atoms. The van der Waals surface area contributed by atoms with Gasteiger partial charge >= 0.3 is 0 Å². The highest BCUT2D eigenvalue weighted by Gasteiger charge is 2.47. The van der Waals surface area contributed by atoms with Crippen molar-refractivity contribution < 1.29 is 18.7 Å². The molecule has 2 aliphatic rings. The number of nitrogens with one attached hydrogen (secondary N) is 3. The van der Waals surface area contributed by atoms with Crippen LogP contribution in [0.3, 0.4) is 0 Å². The van der Waals surface area contributed by atoms with Gasteiger partial charge < -0.3 is 29.8 Å². The van der Waals surface area contributed by atoms with E-state index in [0.29, 0.717) is 41.8 Å². The first-order chi connectivity index (χ1) is 27.8. The number of aryl methyl sites for hydroxylation is 1. The molecule has 0 radical (unpaired) electrons. The monoisotopic (exact) mass is 778 g/mol. The Morgan fingerprint density at radius 1 is 0.965 bits per heavy atom. The lowest BCUT2D eigenvalue weighted by Crippen LogP contribution is -2.52. The Bertz CT molecular complexity index is 2590. The molecule has 2 unspecified atom stereocenters. The number of nitrogens with zero attached hydrogens (tertiary/aromatic N) is 5. The van der Waals surface area contributed by atoms with Crippen LogP contribution in [-0.2, 0) is 18.6 Å². The second kappa shape index (κ2) is 15.8. The number of alkyl halides is 1. The van der Waals surface area contributed by atoms with Gasteiger partial charge in [0.2, 0.25) is 17.7 Å². The molecule has 286 valence electrons. The molecular formula is C44H39ClN8O4. The zero-order valence-corrected chi connectivity index (χ0v) is 32.3. The van der Waals surface area contributed by atoms with Crippen molar-refractivity contribution in [2.75, 3.05) is 24.9 Å². The number of fused-ring (bicyclic) bond motifs is 1. The number of halogens is 1. The molecule has 2 atom stereocenters. The van der Waals surface area contributed by atoms with E-state index in [-0.39, 0.29) is 17.2 Å². The van der Waals surface area contributed by atoms with Crippen molar-refractivity contribution in [3.05, 3.63) is 149 Å². The molecule has 1 fully saturated rings. The third-order valence-corrected chi connectivity index (χ3v) is 10.8. The summed E-state index contributed by atoms with van der Waals surface area (Å²) in [5.41, 5.74) is 7.03. The molecule has 2 aromatic carbocycles. The fourth-order valence-corrected chi connectivity index (χ4v) is 7.50. The molecule has 12 nitrogen and oxygen atoms in total. The van der Waals surface area contributed by atoms with Gasteiger partial charge in [0, 0.05) is 55.2 Å². The lowest BCUT2D eigenvalue weighted by Gasteiger charge is -2.36. The molecule has 4 heterocycles. The molecule has 0 saturated heterocycles. The second-order valence-electron chi connectivity index (χ2n) is 14.0. The summed E-state index contributed by atoms with van der Waals surface area (Å²) in [5, 5.41) is 19.4. The maximum atomic E-state index is 14.5. The van der Waals surface area contributed by atoms with Crippen LogP contribution < -0.4 is 25.4 Å². The molecule has 13 heteroatoms. The van der Waals surface area contributed by atoms with Gasteiger partial charge in [-0.1, -0.05) is 36.4 Å². The highest BCUT2D eigenvalue weighted by Crippen LogP contribution is 2.44. The number of rotatable bonds is 13. The van der Waals surface area contributed by atoms with Crippen LogP contribution in [0.1, 0.15) is 68.5 Å². The van der Waals surface area contributed by atoms with E-state index in [9.17, 15) is 10.1 Å². The number of oxazole rings is 1. The molecule has 4 aromatic heterocycles. The number of allylic oxidation sites excluding steroid dienone is 2. The Kier molecular flexibility index (Phi) is 10.3. The minimum atomic E-state index is -1.47. The number of methoxy groups -OCH3 is 2. The number of carbonyl (C=O) groups is 1. The molecule has 6 aromatic rings. The van der Waals surface area contributed by atoms with Crippen LogP contribution in [0.4, 0.5) is 11.4 Å². The number of benzene rings is 2. The van der Waals surface area contributed by atoms with Gasteiger partial charge in [-0.3, -0.25) is 9.78 Å². The quantitative estimate of drug-likeness (QED) is 0.0970. The van der Waals surface area contributed by atoms with E-state index in [1.54, 1.807) is 51.0 Å². The molecular weight excluding hydrogens is 740 g/mol. The van der Waals surface area contributed by atoms with Gasteiger partial charge in [0.25, 0.3) is 5.91 Å². The first-order valence-corrected chi connectivity index (χ1v) is 18.9. The van der Waals surface area contributed by atoms with Gasteiger partial charge in [-0.25, -0.2) is 15.0 Å². The van der Waals surface area contributed by atoms with E-state index in [2.05, 4.69) is 37.0 Å². The van der Waals surface area contributed by atoms with Crippen molar-refractivity contribution in [1.29, 1.82) is 5.26 Å². The summed E-state index contributed by atoms with van der Waals surface area (Å²) in [6.45, 7) is 2.91. The Morgan fingerprint density at radius 2 is 1.68 bits per heavy atom. The number of carbonyl (C=O) groups excluding carboxylic acids is 1. The van der Waals surface area contributed by atoms with Crippen LogP contribution in [0.5, 0.6) is 11.8 Å². The van der Waals surface area contributed by atoms with E-state index in [0.717, 1.165) is 57.6 Å². The summed E-state index contributed by atoms with van der Waals surface area (Å²) in [7, 11) is 3.14. The van der Waals surface area contributed by atoms with Gasteiger partial charge in [0.15, 0.2) is 11.1 Å². The normalized spacial score (nSPS) is 17.4. The Hall–Kier alpha value is -6.71.